The van der Waals surface area contributed by atoms with Crippen LogP contribution in [0.4, 0.5) is 5.82 Å². The average molecular weight is 482 g/mol. The molecule has 180 valence electrons. The zero-order valence-corrected chi connectivity index (χ0v) is 21.0. The number of nitrogens with zero attached hydrogens (tertiary/aromatic N) is 5. The molecular formula is C25H31N5O3S. The summed E-state index contributed by atoms with van der Waals surface area (Å²) in [5.74, 6) is -0.398. The van der Waals surface area contributed by atoms with Crippen molar-refractivity contribution in [2.45, 2.75) is 32.6 Å². The number of carbonyl (C=O) groups excluding carboxylic acids is 1. The van der Waals surface area contributed by atoms with E-state index >= 15 is 0 Å². The molecular weight excluding hydrogens is 450 g/mol. The van der Waals surface area contributed by atoms with Crippen LogP contribution in [0.25, 0.3) is 11.7 Å². The van der Waals surface area contributed by atoms with Crippen LogP contribution in [-0.2, 0) is 17.6 Å². The lowest BCUT2D eigenvalue weighted by Gasteiger charge is -2.39. The van der Waals surface area contributed by atoms with Crippen molar-refractivity contribution >= 4 is 34.8 Å². The lowest BCUT2D eigenvalue weighted by Crippen LogP contribution is -2.55. The standard InChI is InChI=1S/C25H31N5O3S/c1-17(2)20-16-34-22(26-20)7-5-18-9-10-29-21(15-18)27-24(19(25(29)33)6-8-23(31)32)28-11-13-30(3,4)14-12-28/h6,8-10,15-17H,5,7,11-14H2,1-4H3/b8-6+. The summed E-state index contributed by atoms with van der Waals surface area (Å²) in [5.41, 5.74) is 2.74. The Morgan fingerprint density at radius 3 is 2.62 bits per heavy atom. The number of aryl methyl sites for hydroxylation is 2. The first-order valence-corrected chi connectivity index (χ1v) is 12.5. The number of hydrogen-bond acceptors (Lipinski definition) is 7. The third-order valence-corrected chi connectivity index (χ3v) is 7.26. The van der Waals surface area contributed by atoms with Gasteiger partial charge in [-0.15, -0.1) is 11.3 Å². The summed E-state index contributed by atoms with van der Waals surface area (Å²) in [4.78, 5) is 36.0. The summed E-state index contributed by atoms with van der Waals surface area (Å²) < 4.78 is 2.37. The van der Waals surface area contributed by atoms with E-state index in [1.807, 2.05) is 12.1 Å². The van der Waals surface area contributed by atoms with Crippen LogP contribution in [0, 0.1) is 0 Å². The molecule has 3 aromatic rings. The molecule has 0 aliphatic carbocycles. The Morgan fingerprint density at radius 2 is 1.97 bits per heavy atom. The van der Waals surface area contributed by atoms with E-state index in [1.54, 1.807) is 17.5 Å². The van der Waals surface area contributed by atoms with Crippen molar-refractivity contribution < 1.29 is 14.4 Å². The van der Waals surface area contributed by atoms with Gasteiger partial charge >= 0.3 is 0 Å². The van der Waals surface area contributed by atoms with Crippen LogP contribution >= 0.6 is 11.3 Å². The van der Waals surface area contributed by atoms with Crippen molar-refractivity contribution in [1.82, 2.24) is 14.4 Å². The first kappa shape index (κ1) is 24.1. The maximum absolute atomic E-state index is 13.3. The van der Waals surface area contributed by atoms with E-state index in [4.69, 9.17) is 9.97 Å². The summed E-state index contributed by atoms with van der Waals surface area (Å²) in [6.07, 6.45) is 5.55. The summed E-state index contributed by atoms with van der Waals surface area (Å²) in [5, 5.41) is 14.3. The number of piperazine rings is 1. The Morgan fingerprint density at radius 1 is 1.24 bits per heavy atom. The van der Waals surface area contributed by atoms with Crippen LogP contribution < -0.4 is 15.6 Å². The fraction of sp³-hybridized carbons (Fsp3) is 0.440. The highest BCUT2D eigenvalue weighted by molar-refractivity contribution is 7.09. The molecule has 4 rings (SSSR count). The number of aromatic nitrogens is 3. The Bertz CT molecular complexity index is 1280. The Hall–Kier alpha value is -3.04. The predicted octanol–water partition coefficient (Wildman–Crippen LogP) is 1.72. The fourth-order valence-corrected chi connectivity index (χ4v) is 5.01. The first-order chi connectivity index (χ1) is 16.1. The van der Waals surface area contributed by atoms with Crippen LogP contribution in [0.1, 0.15) is 41.6 Å². The molecule has 0 amide bonds. The third-order valence-electron chi connectivity index (χ3n) is 6.33. The molecule has 0 unspecified atom stereocenters. The van der Waals surface area contributed by atoms with E-state index in [2.05, 4.69) is 38.2 Å². The molecule has 1 aliphatic rings. The van der Waals surface area contributed by atoms with E-state index in [9.17, 15) is 14.7 Å². The summed E-state index contributed by atoms with van der Waals surface area (Å²) >= 11 is 1.68. The molecule has 0 radical (unpaired) electrons. The van der Waals surface area contributed by atoms with Gasteiger partial charge in [0, 0.05) is 18.0 Å². The van der Waals surface area contributed by atoms with Crippen molar-refractivity contribution in [2.75, 3.05) is 45.2 Å². The Labute approximate surface area is 203 Å². The number of quaternary nitrogens is 1. The first-order valence-electron chi connectivity index (χ1n) is 11.6. The average Bonchev–Trinajstić information content (AvgIpc) is 3.26. The molecule has 4 heterocycles. The molecule has 0 aromatic carbocycles. The molecule has 1 fully saturated rings. The van der Waals surface area contributed by atoms with Gasteiger partial charge < -0.3 is 19.3 Å². The molecule has 0 atom stereocenters. The number of fused-ring (bicyclic) bond motifs is 1. The van der Waals surface area contributed by atoms with Gasteiger partial charge in [-0.2, -0.15) is 0 Å². The Kier molecular flexibility index (Phi) is 6.86. The third kappa shape index (κ3) is 5.37. The molecule has 3 aromatic heterocycles. The highest BCUT2D eigenvalue weighted by atomic mass is 32.1. The summed E-state index contributed by atoms with van der Waals surface area (Å²) in [7, 11) is 4.35. The van der Waals surface area contributed by atoms with Gasteiger partial charge in [0.15, 0.2) is 0 Å². The fourth-order valence-electron chi connectivity index (χ4n) is 4.05. The molecule has 34 heavy (non-hydrogen) atoms. The molecule has 8 nitrogen and oxygen atoms in total. The van der Waals surface area contributed by atoms with Gasteiger partial charge in [-0.25, -0.2) is 9.97 Å². The van der Waals surface area contributed by atoms with Gasteiger partial charge in [0.05, 0.1) is 62.5 Å². The number of aliphatic carboxylic acids is 1. The van der Waals surface area contributed by atoms with E-state index < -0.39 is 5.97 Å². The van der Waals surface area contributed by atoms with Crippen molar-refractivity contribution in [1.29, 1.82) is 0 Å². The number of likely N-dealkylation sites (N-methyl/N-ethyl adjacent to an activating group) is 1. The largest absolute Gasteiger partial charge is 0.545 e. The molecule has 0 bridgehead atoms. The second-order valence-electron chi connectivity index (χ2n) is 9.76. The summed E-state index contributed by atoms with van der Waals surface area (Å²) in [6, 6.07) is 3.86. The van der Waals surface area contributed by atoms with Gasteiger partial charge in [0.25, 0.3) is 5.56 Å². The monoisotopic (exact) mass is 481 g/mol. The topological polar surface area (TPSA) is 90.6 Å². The summed E-state index contributed by atoms with van der Waals surface area (Å²) in [6.45, 7) is 7.59. The van der Waals surface area contributed by atoms with Crippen molar-refractivity contribution in [3.8, 4) is 0 Å². The number of thiazole rings is 1. The van der Waals surface area contributed by atoms with E-state index in [1.165, 1.54) is 10.5 Å². The predicted molar refractivity (Wildman–Crippen MR) is 133 cm³/mol. The van der Waals surface area contributed by atoms with Crippen LogP contribution in [0.15, 0.2) is 34.6 Å². The number of carboxylic acids is 1. The quantitative estimate of drug-likeness (QED) is 0.377. The highest BCUT2D eigenvalue weighted by Crippen LogP contribution is 2.22. The van der Waals surface area contributed by atoms with Crippen molar-refractivity contribution in [2.24, 2.45) is 0 Å². The minimum atomic E-state index is -1.34. The Balaban J connectivity index is 1.67. The minimum absolute atomic E-state index is 0.269. The van der Waals surface area contributed by atoms with E-state index in [0.717, 1.165) is 65.8 Å². The van der Waals surface area contributed by atoms with Gasteiger partial charge in [0.2, 0.25) is 0 Å². The molecule has 1 aliphatic heterocycles. The zero-order valence-electron chi connectivity index (χ0n) is 20.2. The maximum Gasteiger partial charge on any atom is 0.267 e. The van der Waals surface area contributed by atoms with Crippen LogP contribution in [0.5, 0.6) is 0 Å². The highest BCUT2D eigenvalue weighted by Gasteiger charge is 2.27. The molecule has 0 N–H and O–H groups in total. The van der Waals surface area contributed by atoms with Crippen LogP contribution in [0.2, 0.25) is 0 Å². The maximum atomic E-state index is 13.3. The zero-order chi connectivity index (χ0) is 24.5. The minimum Gasteiger partial charge on any atom is -0.545 e. The van der Waals surface area contributed by atoms with Crippen molar-refractivity contribution in [3.63, 3.8) is 0 Å². The molecule has 0 saturated carbocycles. The van der Waals surface area contributed by atoms with Gasteiger partial charge in [-0.1, -0.05) is 13.8 Å². The van der Waals surface area contributed by atoms with Crippen LogP contribution in [0.3, 0.4) is 0 Å². The molecule has 1 saturated heterocycles. The van der Waals surface area contributed by atoms with Crippen molar-refractivity contribution in [3.05, 3.63) is 62.0 Å². The number of carboxylic acid groups (broad SMARTS) is 1. The van der Waals surface area contributed by atoms with E-state index in [0.29, 0.717) is 17.4 Å². The smallest absolute Gasteiger partial charge is 0.267 e. The van der Waals surface area contributed by atoms with Gasteiger partial charge in [-0.3, -0.25) is 9.20 Å². The second-order valence-corrected chi connectivity index (χ2v) is 10.7. The number of pyridine rings is 1. The number of hydrogen-bond donors (Lipinski definition) is 0. The van der Waals surface area contributed by atoms with Gasteiger partial charge in [-0.05, 0) is 42.2 Å². The molecule has 0 spiro atoms. The van der Waals surface area contributed by atoms with Gasteiger partial charge in [0.1, 0.15) is 11.5 Å². The second kappa shape index (κ2) is 9.68. The van der Waals surface area contributed by atoms with E-state index in [-0.39, 0.29) is 11.1 Å². The lowest BCUT2D eigenvalue weighted by atomic mass is 10.1. The van der Waals surface area contributed by atoms with Crippen LogP contribution in [-0.4, -0.2) is 65.1 Å². The molecule has 9 heteroatoms. The number of rotatable bonds is 7. The SMILES string of the molecule is CC(C)c1csc(CCc2ccn3c(=O)c(/C=C/C(=O)[O-])c(N4CC[N+](C)(C)CC4)nc3c2)n1. The normalized spacial score (nSPS) is 16.1. The number of carbonyl (C=O) groups is 1. The number of anilines is 1. The lowest BCUT2D eigenvalue weighted by molar-refractivity contribution is -0.890.